The molecule has 15 heavy (non-hydrogen) atoms. The van der Waals surface area contributed by atoms with Crippen LogP contribution < -0.4 is 5.73 Å². The highest BCUT2D eigenvalue weighted by Crippen LogP contribution is 1.99. The van der Waals surface area contributed by atoms with Crippen molar-refractivity contribution in [2.75, 3.05) is 20.2 Å². The van der Waals surface area contributed by atoms with Crippen LogP contribution in [0.4, 0.5) is 0 Å². The number of oxime groups is 1. The highest BCUT2D eigenvalue weighted by Gasteiger charge is 2.20. The van der Waals surface area contributed by atoms with Crippen LogP contribution in [0, 0.1) is 0 Å². The lowest BCUT2D eigenvalue weighted by molar-refractivity contribution is -0.140. The van der Waals surface area contributed by atoms with Crippen molar-refractivity contribution in [3.05, 3.63) is 0 Å². The van der Waals surface area contributed by atoms with Gasteiger partial charge in [-0.15, -0.1) is 0 Å². The summed E-state index contributed by atoms with van der Waals surface area (Å²) < 4.78 is 4.92. The van der Waals surface area contributed by atoms with Gasteiger partial charge in [0.15, 0.2) is 5.84 Å². The summed E-state index contributed by atoms with van der Waals surface area (Å²) in [5.41, 5.74) is 5.35. The molecule has 6 nitrogen and oxygen atoms in total. The van der Waals surface area contributed by atoms with Crippen LogP contribution in [0.15, 0.2) is 5.16 Å². The van der Waals surface area contributed by atoms with Crippen molar-refractivity contribution in [1.82, 2.24) is 4.90 Å². The minimum absolute atomic E-state index is 0.0140. The van der Waals surface area contributed by atoms with Gasteiger partial charge in [0.25, 0.3) is 5.91 Å². The minimum Gasteiger partial charge on any atom is -0.409 e. The molecule has 1 amide bonds. The number of hydrogen-bond acceptors (Lipinski definition) is 4. The second-order valence-corrected chi connectivity index (χ2v) is 3.23. The maximum Gasteiger partial charge on any atom is 0.251 e. The molecule has 0 aliphatic heterocycles. The zero-order valence-electron chi connectivity index (χ0n) is 9.43. The largest absolute Gasteiger partial charge is 0.409 e. The summed E-state index contributed by atoms with van der Waals surface area (Å²) in [6.45, 7) is 4.29. The molecule has 0 heterocycles. The fourth-order valence-electron chi connectivity index (χ4n) is 1.12. The van der Waals surface area contributed by atoms with Gasteiger partial charge < -0.3 is 20.6 Å². The maximum atomic E-state index is 11.7. The zero-order chi connectivity index (χ0) is 11.8. The molecule has 0 bridgehead atoms. The Kier molecular flexibility index (Phi) is 6.44. The minimum atomic E-state index is -0.511. The molecule has 0 aromatic carbocycles. The van der Waals surface area contributed by atoms with Gasteiger partial charge in [-0.2, -0.15) is 0 Å². The van der Waals surface area contributed by atoms with Gasteiger partial charge in [-0.25, -0.2) is 0 Å². The molecule has 1 unspecified atom stereocenters. The average molecular weight is 217 g/mol. The van der Waals surface area contributed by atoms with Crippen molar-refractivity contribution in [2.45, 2.75) is 26.4 Å². The van der Waals surface area contributed by atoms with Gasteiger partial charge in [-0.05, 0) is 13.3 Å². The zero-order valence-corrected chi connectivity index (χ0v) is 9.43. The Morgan fingerprint density at radius 1 is 1.67 bits per heavy atom. The van der Waals surface area contributed by atoms with E-state index in [2.05, 4.69) is 5.16 Å². The number of hydrogen-bond donors (Lipinski definition) is 2. The smallest absolute Gasteiger partial charge is 0.251 e. The lowest BCUT2D eigenvalue weighted by Gasteiger charge is -2.23. The van der Waals surface area contributed by atoms with E-state index < -0.39 is 6.10 Å². The van der Waals surface area contributed by atoms with E-state index in [9.17, 15) is 4.79 Å². The van der Waals surface area contributed by atoms with Gasteiger partial charge >= 0.3 is 0 Å². The molecule has 6 heteroatoms. The molecule has 0 rings (SSSR count). The highest BCUT2D eigenvalue weighted by atomic mass is 16.5. The summed E-state index contributed by atoms with van der Waals surface area (Å²) in [6, 6.07) is 0. The summed E-state index contributed by atoms with van der Waals surface area (Å²) >= 11 is 0. The number of nitrogens with zero attached hydrogens (tertiary/aromatic N) is 2. The molecule has 0 aliphatic rings. The van der Waals surface area contributed by atoms with Crippen molar-refractivity contribution in [3.63, 3.8) is 0 Å². The number of methoxy groups -OCH3 is 1. The Bertz CT molecular complexity index is 231. The first-order valence-corrected chi connectivity index (χ1v) is 4.84. The van der Waals surface area contributed by atoms with Crippen molar-refractivity contribution in [2.24, 2.45) is 10.9 Å². The molecule has 88 valence electrons. The topological polar surface area (TPSA) is 88.1 Å². The molecular formula is C9H19N3O3. The molecule has 0 fully saturated rings. The van der Waals surface area contributed by atoms with Crippen LogP contribution in [-0.4, -0.2) is 48.2 Å². The number of amidine groups is 1. The second kappa shape index (κ2) is 7.05. The van der Waals surface area contributed by atoms with Crippen molar-refractivity contribution in [3.8, 4) is 0 Å². The summed E-state index contributed by atoms with van der Waals surface area (Å²) in [5, 5.41) is 11.3. The Labute approximate surface area is 89.7 Å². The Balaban J connectivity index is 4.44. The van der Waals surface area contributed by atoms with E-state index in [1.54, 1.807) is 6.92 Å². The number of carbonyl (C=O) groups is 1. The summed E-state index contributed by atoms with van der Waals surface area (Å²) in [4.78, 5) is 13.2. The molecule has 0 aromatic rings. The van der Waals surface area contributed by atoms with Crippen LogP contribution >= 0.6 is 0 Å². The van der Waals surface area contributed by atoms with Gasteiger partial charge in [-0.1, -0.05) is 12.1 Å². The highest BCUT2D eigenvalue weighted by molar-refractivity contribution is 5.88. The van der Waals surface area contributed by atoms with E-state index in [0.29, 0.717) is 6.54 Å². The first-order valence-electron chi connectivity index (χ1n) is 4.84. The summed E-state index contributed by atoms with van der Waals surface area (Å²) in [7, 11) is 1.47. The van der Waals surface area contributed by atoms with E-state index >= 15 is 0 Å². The second-order valence-electron chi connectivity index (χ2n) is 3.23. The molecule has 0 aliphatic carbocycles. The van der Waals surface area contributed by atoms with Crippen molar-refractivity contribution in [1.29, 1.82) is 0 Å². The van der Waals surface area contributed by atoms with Crippen LogP contribution in [0.5, 0.6) is 0 Å². The number of ether oxygens (including phenoxy) is 1. The first-order chi connectivity index (χ1) is 7.06. The Hall–Kier alpha value is -1.30. The number of nitrogens with two attached hydrogens (primary N) is 1. The lowest BCUT2D eigenvalue weighted by Crippen LogP contribution is -2.43. The third-order valence-corrected chi connectivity index (χ3v) is 1.99. The van der Waals surface area contributed by atoms with Crippen LogP contribution in [0.1, 0.15) is 20.3 Å². The van der Waals surface area contributed by atoms with Gasteiger partial charge in [0, 0.05) is 13.7 Å². The van der Waals surface area contributed by atoms with E-state index in [1.807, 2.05) is 6.92 Å². The third-order valence-electron chi connectivity index (χ3n) is 1.99. The molecule has 3 N–H and O–H groups in total. The Morgan fingerprint density at radius 2 is 2.27 bits per heavy atom. The first kappa shape index (κ1) is 13.7. The van der Waals surface area contributed by atoms with Crippen LogP contribution in [0.3, 0.4) is 0 Å². The van der Waals surface area contributed by atoms with Crippen molar-refractivity contribution < 1.29 is 14.7 Å². The van der Waals surface area contributed by atoms with E-state index in [4.69, 9.17) is 15.7 Å². The number of amides is 1. The summed E-state index contributed by atoms with van der Waals surface area (Å²) in [5.74, 6) is -0.147. The maximum absolute atomic E-state index is 11.7. The van der Waals surface area contributed by atoms with E-state index in [0.717, 1.165) is 6.42 Å². The quantitative estimate of drug-likeness (QED) is 0.284. The molecular weight excluding hydrogens is 198 g/mol. The molecule has 0 saturated heterocycles. The lowest BCUT2D eigenvalue weighted by atomic mass is 10.3. The van der Waals surface area contributed by atoms with Crippen LogP contribution in [0.25, 0.3) is 0 Å². The van der Waals surface area contributed by atoms with Crippen molar-refractivity contribution >= 4 is 11.7 Å². The van der Waals surface area contributed by atoms with E-state index in [-0.39, 0.29) is 18.3 Å². The predicted molar refractivity (Wildman–Crippen MR) is 56.8 cm³/mol. The van der Waals surface area contributed by atoms with Gasteiger partial charge in [0.2, 0.25) is 0 Å². The fourth-order valence-corrected chi connectivity index (χ4v) is 1.12. The number of carbonyl (C=O) groups excluding carboxylic acids is 1. The standard InChI is InChI=1S/C9H19N3O3/c1-4-5-12(6-8(10)11-14)9(13)7(2)15-3/h7,14H,4-6H2,1-3H3,(H2,10,11). The van der Waals surface area contributed by atoms with Gasteiger partial charge in [0.1, 0.15) is 6.10 Å². The predicted octanol–water partition coefficient (Wildman–Crippen LogP) is 0.00630. The molecule has 0 radical (unpaired) electrons. The normalized spacial score (nSPS) is 13.7. The number of rotatable bonds is 6. The summed E-state index contributed by atoms with van der Waals surface area (Å²) in [6.07, 6.45) is 0.295. The van der Waals surface area contributed by atoms with Gasteiger partial charge in [-0.3, -0.25) is 4.79 Å². The van der Waals surface area contributed by atoms with Crippen LogP contribution in [0.2, 0.25) is 0 Å². The average Bonchev–Trinajstić information content (AvgIpc) is 2.26. The molecule has 0 saturated carbocycles. The third kappa shape index (κ3) is 4.64. The monoisotopic (exact) mass is 217 g/mol. The van der Waals surface area contributed by atoms with Gasteiger partial charge in [0.05, 0.1) is 6.54 Å². The molecule has 0 aromatic heterocycles. The van der Waals surface area contributed by atoms with Crippen LogP contribution in [-0.2, 0) is 9.53 Å². The molecule has 1 atom stereocenters. The fraction of sp³-hybridized carbons (Fsp3) is 0.778. The SMILES string of the molecule is CCCN(CC(N)=NO)C(=O)C(C)OC. The molecule has 0 spiro atoms. The Morgan fingerprint density at radius 3 is 2.67 bits per heavy atom. The van der Waals surface area contributed by atoms with E-state index in [1.165, 1.54) is 12.0 Å².